The topological polar surface area (TPSA) is 82.6 Å². The van der Waals surface area contributed by atoms with E-state index in [9.17, 15) is 27.6 Å². The number of carbonyl (C=O) groups is 3. The van der Waals surface area contributed by atoms with E-state index >= 15 is 0 Å². The number of thiazole rings is 1. The van der Waals surface area contributed by atoms with E-state index < -0.39 is 17.7 Å². The Balaban J connectivity index is 1.33. The first-order chi connectivity index (χ1) is 15.6. The Morgan fingerprint density at radius 2 is 1.91 bits per heavy atom. The molecule has 11 heteroatoms. The van der Waals surface area contributed by atoms with Gasteiger partial charge in [-0.05, 0) is 38.0 Å². The molecule has 176 valence electrons. The quantitative estimate of drug-likeness (QED) is 0.724. The number of hydrogen-bond acceptors (Lipinski definition) is 5. The number of nitrogens with one attached hydrogen (secondary N) is 1. The van der Waals surface area contributed by atoms with Crippen LogP contribution in [0.3, 0.4) is 0 Å². The number of alkyl halides is 3. The first-order valence-electron chi connectivity index (χ1n) is 10.6. The Bertz CT molecular complexity index is 1060. The van der Waals surface area contributed by atoms with Gasteiger partial charge < -0.3 is 15.1 Å². The summed E-state index contributed by atoms with van der Waals surface area (Å²) in [7, 11) is 0. The molecule has 0 radical (unpaired) electrons. The lowest BCUT2D eigenvalue weighted by Gasteiger charge is -2.32. The summed E-state index contributed by atoms with van der Waals surface area (Å²) in [6, 6.07) is 4.57. The molecule has 2 fully saturated rings. The predicted octanol–water partition coefficient (Wildman–Crippen LogP) is 3.70. The molecule has 1 aromatic heterocycles. The largest absolute Gasteiger partial charge is 0.416 e. The van der Waals surface area contributed by atoms with Crippen LogP contribution < -0.4 is 10.2 Å². The predicted molar refractivity (Wildman–Crippen MR) is 117 cm³/mol. The highest BCUT2D eigenvalue weighted by atomic mass is 32.1. The van der Waals surface area contributed by atoms with Gasteiger partial charge in [-0.15, -0.1) is 11.3 Å². The Hall–Kier alpha value is -2.95. The normalized spacial score (nSPS) is 19.8. The van der Waals surface area contributed by atoms with Crippen LogP contribution in [0.15, 0.2) is 29.6 Å². The summed E-state index contributed by atoms with van der Waals surface area (Å²) < 4.78 is 39.0. The molecule has 1 unspecified atom stereocenters. The number of aryl methyl sites for hydroxylation is 1. The Kier molecular flexibility index (Phi) is 6.42. The molecule has 1 aromatic carbocycles. The number of anilines is 2. The van der Waals surface area contributed by atoms with E-state index in [2.05, 4.69) is 10.3 Å². The Morgan fingerprint density at radius 3 is 2.55 bits per heavy atom. The van der Waals surface area contributed by atoms with Crippen LogP contribution in [0.5, 0.6) is 0 Å². The lowest BCUT2D eigenvalue weighted by molar-refractivity contribution is -0.138. The van der Waals surface area contributed by atoms with Crippen LogP contribution >= 0.6 is 11.3 Å². The molecule has 1 atom stereocenters. The highest BCUT2D eigenvalue weighted by Crippen LogP contribution is 2.34. The molecule has 3 heterocycles. The van der Waals surface area contributed by atoms with Gasteiger partial charge in [-0.3, -0.25) is 14.4 Å². The number of amides is 3. The van der Waals surface area contributed by atoms with Gasteiger partial charge in [-0.1, -0.05) is 6.07 Å². The maximum atomic E-state index is 13.0. The summed E-state index contributed by atoms with van der Waals surface area (Å²) >= 11 is 1.36. The zero-order chi connectivity index (χ0) is 23.8. The van der Waals surface area contributed by atoms with Gasteiger partial charge in [0.25, 0.3) is 0 Å². The van der Waals surface area contributed by atoms with Gasteiger partial charge in [0.15, 0.2) is 5.13 Å². The van der Waals surface area contributed by atoms with E-state index in [1.165, 1.54) is 28.4 Å². The molecule has 3 amide bonds. The minimum absolute atomic E-state index is 0.0428. The minimum atomic E-state index is -4.51. The van der Waals surface area contributed by atoms with Crippen molar-refractivity contribution in [2.24, 2.45) is 11.8 Å². The summed E-state index contributed by atoms with van der Waals surface area (Å²) in [6.45, 7) is 2.67. The van der Waals surface area contributed by atoms with Gasteiger partial charge >= 0.3 is 6.18 Å². The van der Waals surface area contributed by atoms with E-state index in [0.717, 1.165) is 17.8 Å². The van der Waals surface area contributed by atoms with Crippen LogP contribution in [0.4, 0.5) is 24.0 Å². The second kappa shape index (κ2) is 9.12. The highest BCUT2D eigenvalue weighted by Gasteiger charge is 2.39. The number of rotatable bonds is 4. The zero-order valence-corrected chi connectivity index (χ0v) is 18.7. The van der Waals surface area contributed by atoms with Crippen molar-refractivity contribution in [3.63, 3.8) is 0 Å². The first-order valence-corrected chi connectivity index (χ1v) is 11.5. The van der Waals surface area contributed by atoms with Crippen LogP contribution in [-0.4, -0.2) is 47.2 Å². The van der Waals surface area contributed by atoms with E-state index in [0.29, 0.717) is 31.1 Å². The van der Waals surface area contributed by atoms with Crippen molar-refractivity contribution in [1.82, 2.24) is 9.88 Å². The second-order valence-electron chi connectivity index (χ2n) is 8.34. The van der Waals surface area contributed by atoms with Crippen molar-refractivity contribution in [3.8, 4) is 0 Å². The van der Waals surface area contributed by atoms with E-state index in [1.807, 2.05) is 12.3 Å². The van der Waals surface area contributed by atoms with Crippen LogP contribution in [0, 0.1) is 18.8 Å². The number of benzene rings is 1. The van der Waals surface area contributed by atoms with Crippen LogP contribution in [0.25, 0.3) is 0 Å². The van der Waals surface area contributed by atoms with Gasteiger partial charge in [0.1, 0.15) is 0 Å². The Morgan fingerprint density at radius 1 is 1.18 bits per heavy atom. The fraction of sp³-hybridized carbons (Fsp3) is 0.455. The molecule has 1 N–H and O–H groups in total. The average molecular weight is 481 g/mol. The van der Waals surface area contributed by atoms with Gasteiger partial charge in [0, 0.05) is 43.0 Å². The van der Waals surface area contributed by atoms with E-state index in [1.54, 1.807) is 4.90 Å². The third-order valence-corrected chi connectivity index (χ3v) is 6.86. The minimum Gasteiger partial charge on any atom is -0.342 e. The molecule has 4 rings (SSSR count). The summed E-state index contributed by atoms with van der Waals surface area (Å²) in [5.41, 5.74) is 0.134. The SMILES string of the molecule is Cc1csc(NC(=O)C2CCN(C(=O)C3CC(=O)N(c4cccc(C(F)(F)F)c4)C3)CC2)n1. The zero-order valence-electron chi connectivity index (χ0n) is 17.9. The van der Waals surface area contributed by atoms with Crippen molar-refractivity contribution in [3.05, 3.63) is 40.9 Å². The standard InChI is InChI=1S/C22H23F3N4O3S/c1-13-12-33-21(26-13)27-19(31)14-5-7-28(8-6-14)20(32)15-9-18(30)29(11-15)17-4-2-3-16(10-17)22(23,24)25/h2-4,10,12,14-15H,5-9,11H2,1H3,(H,26,27,31). The molecule has 0 saturated carbocycles. The van der Waals surface area contributed by atoms with Gasteiger partial charge in [0.05, 0.1) is 17.2 Å². The Labute approximate surface area is 192 Å². The fourth-order valence-electron chi connectivity index (χ4n) is 4.21. The number of hydrogen-bond donors (Lipinski definition) is 1. The van der Waals surface area contributed by atoms with Crippen molar-refractivity contribution >= 4 is 39.9 Å². The van der Waals surface area contributed by atoms with Crippen LogP contribution in [0.1, 0.15) is 30.5 Å². The molecular formula is C22H23F3N4O3S. The lowest BCUT2D eigenvalue weighted by Crippen LogP contribution is -2.44. The molecule has 33 heavy (non-hydrogen) atoms. The van der Waals surface area contributed by atoms with Gasteiger partial charge in [-0.2, -0.15) is 13.2 Å². The van der Waals surface area contributed by atoms with Crippen LogP contribution in [0.2, 0.25) is 0 Å². The molecule has 0 aliphatic carbocycles. The van der Waals surface area contributed by atoms with E-state index in [4.69, 9.17) is 0 Å². The second-order valence-corrected chi connectivity index (χ2v) is 9.19. The van der Waals surface area contributed by atoms with Crippen molar-refractivity contribution in [2.45, 2.75) is 32.4 Å². The molecule has 0 bridgehead atoms. The molecule has 2 saturated heterocycles. The number of aromatic nitrogens is 1. The summed E-state index contributed by atoms with van der Waals surface area (Å²) in [4.78, 5) is 45.0. The summed E-state index contributed by atoms with van der Waals surface area (Å²) in [5.74, 6) is -1.54. The summed E-state index contributed by atoms with van der Waals surface area (Å²) in [6.07, 6.45) is -3.55. The first kappa shape index (κ1) is 23.2. The van der Waals surface area contributed by atoms with Gasteiger partial charge in [-0.25, -0.2) is 4.98 Å². The maximum absolute atomic E-state index is 13.0. The molecule has 7 nitrogen and oxygen atoms in total. The number of nitrogens with zero attached hydrogens (tertiary/aromatic N) is 3. The molecule has 2 aliphatic heterocycles. The monoisotopic (exact) mass is 480 g/mol. The van der Waals surface area contributed by atoms with Crippen LogP contribution in [-0.2, 0) is 20.6 Å². The fourth-order valence-corrected chi connectivity index (χ4v) is 4.90. The number of piperidine rings is 1. The smallest absolute Gasteiger partial charge is 0.342 e. The third kappa shape index (κ3) is 5.18. The number of halogens is 3. The number of likely N-dealkylation sites (tertiary alicyclic amines) is 1. The van der Waals surface area contributed by atoms with Crippen molar-refractivity contribution < 1.29 is 27.6 Å². The van der Waals surface area contributed by atoms with E-state index in [-0.39, 0.29) is 42.3 Å². The lowest BCUT2D eigenvalue weighted by atomic mass is 9.94. The molecule has 2 aromatic rings. The molecule has 2 aliphatic rings. The highest BCUT2D eigenvalue weighted by molar-refractivity contribution is 7.13. The third-order valence-electron chi connectivity index (χ3n) is 5.99. The van der Waals surface area contributed by atoms with Crippen molar-refractivity contribution in [1.29, 1.82) is 0 Å². The molecule has 0 spiro atoms. The van der Waals surface area contributed by atoms with Crippen molar-refractivity contribution in [2.75, 3.05) is 29.9 Å². The number of carbonyl (C=O) groups excluding carboxylic acids is 3. The molecular weight excluding hydrogens is 457 g/mol. The van der Waals surface area contributed by atoms with Gasteiger partial charge in [0.2, 0.25) is 17.7 Å². The average Bonchev–Trinajstić information content (AvgIpc) is 3.38. The summed E-state index contributed by atoms with van der Waals surface area (Å²) in [5, 5.41) is 5.21. The maximum Gasteiger partial charge on any atom is 0.416 e.